The van der Waals surface area contributed by atoms with Gasteiger partial charge in [-0.1, -0.05) is 0 Å². The van der Waals surface area contributed by atoms with Crippen LogP contribution in [0.25, 0.3) is 0 Å². The lowest BCUT2D eigenvalue weighted by atomic mass is 9.96. The van der Waals surface area contributed by atoms with Crippen molar-refractivity contribution in [1.82, 2.24) is 0 Å². The van der Waals surface area contributed by atoms with Gasteiger partial charge in [-0.25, -0.2) is 0 Å². The largest absolute Gasteiger partial charge is 0.394 e. The van der Waals surface area contributed by atoms with Gasteiger partial charge in [-0.15, -0.1) is 0 Å². The Balaban J connectivity index is 1.22. The molecule has 0 spiro atoms. The van der Waals surface area contributed by atoms with Gasteiger partial charge in [0.05, 0.1) is 39.6 Å². The predicted octanol–water partition coefficient (Wildman–Crippen LogP) is -12.8. The summed E-state index contributed by atoms with van der Waals surface area (Å²) in [5.41, 5.74) is 0. The third-order valence-corrected chi connectivity index (χ3v) is 11.6. The van der Waals surface area contributed by atoms with E-state index in [1.54, 1.807) is 0 Å². The van der Waals surface area contributed by atoms with Gasteiger partial charge in [-0.3, -0.25) is 0 Å². The lowest BCUT2D eigenvalue weighted by Gasteiger charge is -2.48. The quantitative estimate of drug-likeness (QED) is 0.0769. The van der Waals surface area contributed by atoms with Crippen molar-refractivity contribution in [3.63, 3.8) is 0 Å². The van der Waals surface area contributed by atoms with Crippen molar-refractivity contribution in [3.05, 3.63) is 0 Å². The van der Waals surface area contributed by atoms with Gasteiger partial charge in [-0.2, -0.15) is 0 Å². The molecule has 0 unspecified atom stereocenters. The minimum absolute atomic E-state index is 0.456. The Bertz CT molecular complexity index is 1400. The van der Waals surface area contributed by atoms with Crippen molar-refractivity contribution in [2.24, 2.45) is 0 Å². The second kappa shape index (κ2) is 21.9. The molecule has 0 amide bonds. The van der Waals surface area contributed by atoms with Crippen LogP contribution in [0.1, 0.15) is 0 Å². The van der Waals surface area contributed by atoms with Gasteiger partial charge in [0.25, 0.3) is 0 Å². The molecule has 29 heteroatoms. The van der Waals surface area contributed by atoms with Crippen LogP contribution < -0.4 is 0 Å². The summed E-state index contributed by atoms with van der Waals surface area (Å²) in [5.74, 6) is 0. The first kappa shape index (κ1) is 51.2. The van der Waals surface area contributed by atoms with E-state index in [9.17, 15) is 91.9 Å². The molecule has 0 saturated carbocycles. The number of hydrogen-bond acceptors (Lipinski definition) is 29. The van der Waals surface area contributed by atoms with E-state index in [2.05, 4.69) is 0 Å². The number of hydrogen-bond donors (Lipinski definition) is 18. The summed E-state index contributed by atoms with van der Waals surface area (Å²) >= 11 is 0. The second-order valence-electron chi connectivity index (χ2n) is 15.9. The van der Waals surface area contributed by atoms with Gasteiger partial charge in [0, 0.05) is 0 Å². The highest BCUT2D eigenvalue weighted by Crippen LogP contribution is 2.34. The number of ether oxygens (including phenoxy) is 11. The molecule has 18 N–H and O–H groups in total. The summed E-state index contributed by atoms with van der Waals surface area (Å²) in [5, 5.41) is 188. The summed E-state index contributed by atoms with van der Waals surface area (Å²) < 4.78 is 61.1. The Morgan fingerprint density at radius 2 is 0.746 bits per heavy atom. The molecule has 6 rings (SSSR count). The van der Waals surface area contributed by atoms with E-state index < -0.39 is 212 Å². The molecule has 6 heterocycles. The fourth-order valence-corrected chi connectivity index (χ4v) is 7.73. The van der Waals surface area contributed by atoms with Crippen LogP contribution in [0.2, 0.25) is 0 Å². The zero-order valence-corrected chi connectivity index (χ0v) is 32.9. The monoisotopic (exact) mass is 930 g/mol. The third kappa shape index (κ3) is 10.9. The summed E-state index contributed by atoms with van der Waals surface area (Å²) in [7, 11) is 0. The Morgan fingerprint density at radius 3 is 1.33 bits per heavy atom. The molecule has 0 aromatic carbocycles. The van der Waals surface area contributed by atoms with Gasteiger partial charge in [0.15, 0.2) is 37.7 Å². The molecule has 368 valence electrons. The molecule has 6 aliphatic heterocycles. The molecule has 0 radical (unpaired) electrons. The standard InChI is InChI=1S/C34H58O29/c35-1-9-15(41)17(43)23(49)31(58-9)63-28-14(40)8(38)4-54-34(28)56-6-12-27(20(46)25(51)33(60-12)61-26-10(2-36)57-29(52)21(47)19(26)45)62-32-24(50)18(44)16(42)11(59-32)5-55-30-22(48)13(39)7(37)3-53-30/h7-52H,1-6H2/t7-,8-,9-,10-,11-,12-,13+,14+,15+,16-,17+,18+,19-,20-,21-,22-,23-,24-,25-,26-,27-,28-,29-,30-,31+,32+,33+,34-/m1/s1. The SMILES string of the molecule is OC[C@H]1O[C@@H](O[C@H]2[C@@H](OC[C@H]3O[C@@H](O[C@H]4[C@H](O)[C@@H](O)[C@H](O)O[C@@H]4CO)[C@H](O)[C@@H](O)[C@@H]3O[C@@H]3O[C@H](CO[C@H]4OC[C@@H](O)[C@H](O)[C@H]4O)[C@@H](O)[C@H](O)[C@H]3O)OC[C@@H](O)[C@@H]2O)[C@H](O)[C@@H](O)[C@H]1O. The van der Waals surface area contributed by atoms with Crippen molar-refractivity contribution in [2.45, 2.75) is 172 Å². The van der Waals surface area contributed by atoms with E-state index in [1.807, 2.05) is 0 Å². The van der Waals surface area contributed by atoms with E-state index in [4.69, 9.17) is 52.1 Å². The normalized spacial score (nSPS) is 53.6. The maximum Gasteiger partial charge on any atom is 0.187 e. The number of aliphatic hydroxyl groups excluding tert-OH is 18. The van der Waals surface area contributed by atoms with Crippen LogP contribution in [0.3, 0.4) is 0 Å². The van der Waals surface area contributed by atoms with Gasteiger partial charge < -0.3 is 144 Å². The van der Waals surface area contributed by atoms with Crippen LogP contribution in [0.15, 0.2) is 0 Å². The minimum Gasteiger partial charge on any atom is -0.394 e. The van der Waals surface area contributed by atoms with Crippen LogP contribution in [-0.4, -0.2) is 304 Å². The van der Waals surface area contributed by atoms with Crippen molar-refractivity contribution >= 4 is 0 Å². The highest BCUT2D eigenvalue weighted by molar-refractivity contribution is 4.98. The van der Waals surface area contributed by atoms with Gasteiger partial charge >= 0.3 is 0 Å². The zero-order chi connectivity index (χ0) is 46.2. The summed E-state index contributed by atoms with van der Waals surface area (Å²) in [6.45, 7) is -4.43. The Labute approximate surface area is 355 Å². The lowest BCUT2D eigenvalue weighted by Crippen LogP contribution is -2.67. The average Bonchev–Trinajstić information content (AvgIpc) is 3.26. The molecule has 0 bridgehead atoms. The van der Waals surface area contributed by atoms with Crippen molar-refractivity contribution in [1.29, 1.82) is 0 Å². The second-order valence-corrected chi connectivity index (χ2v) is 15.9. The van der Waals surface area contributed by atoms with E-state index in [1.165, 1.54) is 0 Å². The number of aliphatic hydroxyl groups is 18. The zero-order valence-electron chi connectivity index (χ0n) is 32.9. The predicted molar refractivity (Wildman–Crippen MR) is 187 cm³/mol. The lowest BCUT2D eigenvalue weighted by molar-refractivity contribution is -0.387. The first-order valence-corrected chi connectivity index (χ1v) is 19.9. The Hall–Kier alpha value is -1.16. The molecule has 6 aliphatic rings. The molecule has 0 aromatic rings. The first-order valence-electron chi connectivity index (χ1n) is 19.9. The Morgan fingerprint density at radius 1 is 0.333 bits per heavy atom. The molecule has 28 atom stereocenters. The molecule has 6 saturated heterocycles. The van der Waals surface area contributed by atoms with Crippen LogP contribution in [0, 0.1) is 0 Å². The highest BCUT2D eigenvalue weighted by Gasteiger charge is 2.55. The van der Waals surface area contributed by atoms with Gasteiger partial charge in [0.1, 0.15) is 134 Å². The molecular formula is C34H58O29. The maximum absolute atomic E-state index is 11.5. The minimum atomic E-state index is -2.19. The van der Waals surface area contributed by atoms with Gasteiger partial charge in [0.2, 0.25) is 0 Å². The molecular weight excluding hydrogens is 872 g/mol. The third-order valence-electron chi connectivity index (χ3n) is 11.6. The van der Waals surface area contributed by atoms with Crippen molar-refractivity contribution < 1.29 is 144 Å². The fraction of sp³-hybridized carbons (Fsp3) is 1.00. The van der Waals surface area contributed by atoms with Gasteiger partial charge in [-0.05, 0) is 0 Å². The van der Waals surface area contributed by atoms with E-state index in [0.717, 1.165) is 0 Å². The van der Waals surface area contributed by atoms with Crippen LogP contribution >= 0.6 is 0 Å². The summed E-state index contributed by atoms with van der Waals surface area (Å²) in [6, 6.07) is 0. The molecule has 29 nitrogen and oxygen atoms in total. The summed E-state index contributed by atoms with van der Waals surface area (Å²) in [4.78, 5) is 0. The maximum atomic E-state index is 11.5. The van der Waals surface area contributed by atoms with Crippen LogP contribution in [0.4, 0.5) is 0 Å². The van der Waals surface area contributed by atoms with Crippen LogP contribution in [0.5, 0.6) is 0 Å². The van der Waals surface area contributed by atoms with Crippen molar-refractivity contribution in [3.8, 4) is 0 Å². The number of rotatable bonds is 14. The van der Waals surface area contributed by atoms with Crippen LogP contribution in [-0.2, 0) is 52.1 Å². The highest BCUT2D eigenvalue weighted by atomic mass is 16.8. The van der Waals surface area contributed by atoms with E-state index in [-0.39, 0.29) is 0 Å². The summed E-state index contributed by atoms with van der Waals surface area (Å²) in [6.07, 6.45) is -51.8. The topological polar surface area (TPSA) is 466 Å². The molecule has 0 aliphatic carbocycles. The first-order chi connectivity index (χ1) is 29.8. The van der Waals surface area contributed by atoms with E-state index in [0.29, 0.717) is 0 Å². The molecule has 63 heavy (non-hydrogen) atoms. The van der Waals surface area contributed by atoms with E-state index >= 15 is 0 Å². The molecule has 6 fully saturated rings. The smallest absolute Gasteiger partial charge is 0.187 e. The average molecular weight is 931 g/mol. The van der Waals surface area contributed by atoms with Crippen molar-refractivity contribution in [2.75, 3.05) is 39.6 Å². The Kier molecular flexibility index (Phi) is 17.8. The fourth-order valence-electron chi connectivity index (χ4n) is 7.73. The molecule has 0 aromatic heterocycles.